The van der Waals surface area contributed by atoms with Gasteiger partial charge in [0, 0.05) is 13.1 Å². The van der Waals surface area contributed by atoms with Crippen LogP contribution in [0, 0.1) is 0 Å². The minimum absolute atomic E-state index is 0.0767. The van der Waals surface area contributed by atoms with Crippen molar-refractivity contribution >= 4 is 6.03 Å². The molecule has 1 aliphatic heterocycles. The van der Waals surface area contributed by atoms with Crippen LogP contribution in [-0.4, -0.2) is 47.9 Å². The van der Waals surface area contributed by atoms with Crippen molar-refractivity contribution in [2.24, 2.45) is 0 Å². The Morgan fingerprint density at radius 2 is 1.40 bits per heavy atom. The van der Waals surface area contributed by atoms with Gasteiger partial charge in [0.25, 0.3) is 0 Å². The van der Waals surface area contributed by atoms with Gasteiger partial charge in [0.2, 0.25) is 0 Å². The molecule has 0 unspecified atom stereocenters. The minimum Gasteiger partial charge on any atom is -0.388 e. The molecular formula is C30H36N2O3. The zero-order valence-corrected chi connectivity index (χ0v) is 20.5. The average Bonchev–Trinajstić information content (AvgIpc) is 3.29. The Kier molecular flexibility index (Phi) is 8.56. The van der Waals surface area contributed by atoms with E-state index in [-0.39, 0.29) is 18.7 Å². The SMILES string of the molecule is CCCCCCN1C[C@@H]([C@@H](O)COC(c2ccccc2)(c2ccccc2)c2ccccc2)NC1=O. The Balaban J connectivity index is 1.56. The number of urea groups is 1. The lowest BCUT2D eigenvalue weighted by Crippen LogP contribution is -2.44. The summed E-state index contributed by atoms with van der Waals surface area (Å²) in [6, 6.07) is 29.9. The fourth-order valence-corrected chi connectivity index (χ4v) is 4.85. The van der Waals surface area contributed by atoms with Crippen molar-refractivity contribution in [1.29, 1.82) is 0 Å². The van der Waals surface area contributed by atoms with Gasteiger partial charge < -0.3 is 20.1 Å². The zero-order chi connectivity index (χ0) is 24.5. The van der Waals surface area contributed by atoms with Gasteiger partial charge >= 0.3 is 6.03 Å². The van der Waals surface area contributed by atoms with Crippen molar-refractivity contribution in [3.05, 3.63) is 108 Å². The molecule has 3 aromatic rings. The maximum atomic E-state index is 12.5. The quantitative estimate of drug-likeness (QED) is 0.277. The second-order valence-electron chi connectivity index (χ2n) is 9.22. The van der Waals surface area contributed by atoms with Crippen LogP contribution in [0.15, 0.2) is 91.0 Å². The predicted molar refractivity (Wildman–Crippen MR) is 139 cm³/mol. The first-order valence-corrected chi connectivity index (χ1v) is 12.7. The molecule has 1 heterocycles. The number of nitrogens with zero attached hydrogens (tertiary/aromatic N) is 1. The molecule has 3 aromatic carbocycles. The first kappa shape index (κ1) is 25.0. The molecule has 0 aromatic heterocycles. The molecule has 0 aliphatic carbocycles. The highest BCUT2D eigenvalue weighted by Gasteiger charge is 2.40. The number of nitrogens with one attached hydrogen (secondary N) is 1. The lowest BCUT2D eigenvalue weighted by Gasteiger charge is -2.37. The van der Waals surface area contributed by atoms with Crippen LogP contribution in [0.1, 0.15) is 49.3 Å². The van der Waals surface area contributed by atoms with Crippen LogP contribution < -0.4 is 5.32 Å². The predicted octanol–water partition coefficient (Wildman–Crippen LogP) is 5.33. The van der Waals surface area contributed by atoms with E-state index in [1.54, 1.807) is 0 Å². The van der Waals surface area contributed by atoms with Crippen LogP contribution in [0.4, 0.5) is 4.79 Å². The molecule has 0 spiro atoms. The molecular weight excluding hydrogens is 436 g/mol. The summed E-state index contributed by atoms with van der Waals surface area (Å²) < 4.78 is 6.73. The summed E-state index contributed by atoms with van der Waals surface area (Å²) in [5, 5.41) is 14.1. The highest BCUT2D eigenvalue weighted by atomic mass is 16.5. The third-order valence-electron chi connectivity index (χ3n) is 6.77. The van der Waals surface area contributed by atoms with Crippen LogP contribution in [0.25, 0.3) is 0 Å². The molecule has 184 valence electrons. The minimum atomic E-state index is -0.896. The average molecular weight is 473 g/mol. The molecule has 0 saturated carbocycles. The summed E-state index contributed by atoms with van der Waals surface area (Å²) in [7, 11) is 0. The molecule has 1 saturated heterocycles. The fraction of sp³-hybridized carbons (Fsp3) is 0.367. The number of ether oxygens (including phenoxy) is 1. The number of aliphatic hydroxyl groups excluding tert-OH is 1. The van der Waals surface area contributed by atoms with Crippen LogP contribution >= 0.6 is 0 Å². The number of hydrogen-bond acceptors (Lipinski definition) is 3. The number of carbonyl (C=O) groups is 1. The number of unbranched alkanes of at least 4 members (excludes halogenated alkanes) is 3. The molecule has 1 aliphatic rings. The van der Waals surface area contributed by atoms with Crippen LogP contribution in [0.5, 0.6) is 0 Å². The number of hydrogen-bond donors (Lipinski definition) is 2. The van der Waals surface area contributed by atoms with Gasteiger partial charge in [0.15, 0.2) is 0 Å². The number of benzene rings is 3. The molecule has 0 bridgehead atoms. The number of amides is 2. The monoisotopic (exact) mass is 472 g/mol. The van der Waals surface area contributed by atoms with Crippen molar-refractivity contribution in [3.8, 4) is 0 Å². The highest BCUT2D eigenvalue weighted by molar-refractivity contribution is 5.77. The Hall–Kier alpha value is -3.15. The molecule has 1 fully saturated rings. The van der Waals surface area contributed by atoms with E-state index in [4.69, 9.17) is 4.74 Å². The third kappa shape index (κ3) is 5.75. The molecule has 0 radical (unpaired) electrons. The van der Waals surface area contributed by atoms with Crippen LogP contribution in [0.2, 0.25) is 0 Å². The molecule has 5 heteroatoms. The van der Waals surface area contributed by atoms with E-state index in [1.807, 2.05) is 59.5 Å². The van der Waals surface area contributed by atoms with E-state index in [0.29, 0.717) is 6.54 Å². The topological polar surface area (TPSA) is 61.8 Å². The lowest BCUT2D eigenvalue weighted by molar-refractivity contribution is -0.0460. The summed E-state index contributed by atoms with van der Waals surface area (Å²) in [5.41, 5.74) is 2.06. The second kappa shape index (κ2) is 12.0. The zero-order valence-electron chi connectivity index (χ0n) is 20.5. The Labute approximate surface area is 208 Å². The Bertz CT molecular complexity index is 946. The van der Waals surface area contributed by atoms with Gasteiger partial charge in [-0.3, -0.25) is 0 Å². The van der Waals surface area contributed by atoms with Gasteiger partial charge in [-0.25, -0.2) is 4.79 Å². The van der Waals surface area contributed by atoms with E-state index in [1.165, 1.54) is 6.42 Å². The number of rotatable bonds is 12. The van der Waals surface area contributed by atoms with Gasteiger partial charge in [-0.1, -0.05) is 117 Å². The molecule has 2 atom stereocenters. The molecule has 35 heavy (non-hydrogen) atoms. The van der Waals surface area contributed by atoms with Gasteiger partial charge in [0.1, 0.15) is 5.60 Å². The van der Waals surface area contributed by atoms with Crippen molar-refractivity contribution in [2.45, 2.75) is 50.4 Å². The smallest absolute Gasteiger partial charge is 0.317 e. The highest BCUT2D eigenvalue weighted by Crippen LogP contribution is 2.40. The van der Waals surface area contributed by atoms with E-state index in [2.05, 4.69) is 48.6 Å². The Morgan fingerprint density at radius 1 is 0.886 bits per heavy atom. The van der Waals surface area contributed by atoms with E-state index < -0.39 is 11.7 Å². The van der Waals surface area contributed by atoms with Gasteiger partial charge in [-0.15, -0.1) is 0 Å². The summed E-state index contributed by atoms with van der Waals surface area (Å²) in [6.07, 6.45) is 3.60. The van der Waals surface area contributed by atoms with Crippen molar-refractivity contribution in [2.75, 3.05) is 19.7 Å². The van der Waals surface area contributed by atoms with Gasteiger partial charge in [-0.2, -0.15) is 0 Å². The fourth-order valence-electron chi connectivity index (χ4n) is 4.85. The summed E-state index contributed by atoms with van der Waals surface area (Å²) in [4.78, 5) is 14.3. The first-order chi connectivity index (χ1) is 17.1. The maximum Gasteiger partial charge on any atom is 0.317 e. The first-order valence-electron chi connectivity index (χ1n) is 12.7. The summed E-state index contributed by atoms with van der Waals surface area (Å²) >= 11 is 0. The standard InChI is InChI=1S/C30H36N2O3/c1-2-3-4-14-21-32-22-27(31-29(32)34)28(33)23-35-30(24-15-8-5-9-16-24,25-17-10-6-11-18-25)26-19-12-7-13-20-26/h5-13,15-20,27-28,33H,2-4,14,21-23H2,1H3,(H,31,34)/t27-,28-/m0/s1. The third-order valence-corrected chi connectivity index (χ3v) is 6.77. The largest absolute Gasteiger partial charge is 0.388 e. The van der Waals surface area contributed by atoms with Crippen LogP contribution in [-0.2, 0) is 10.3 Å². The maximum absolute atomic E-state index is 12.5. The molecule has 5 nitrogen and oxygen atoms in total. The molecule has 2 N–H and O–H groups in total. The Morgan fingerprint density at radius 3 is 1.89 bits per heavy atom. The summed E-state index contributed by atoms with van der Waals surface area (Å²) in [5.74, 6) is 0. The number of carbonyl (C=O) groups excluding carboxylic acids is 1. The van der Waals surface area contributed by atoms with E-state index >= 15 is 0 Å². The normalized spacial score (nSPS) is 16.8. The van der Waals surface area contributed by atoms with Gasteiger partial charge in [-0.05, 0) is 23.1 Å². The van der Waals surface area contributed by atoms with Crippen molar-refractivity contribution in [3.63, 3.8) is 0 Å². The lowest BCUT2D eigenvalue weighted by atomic mass is 9.80. The molecule has 4 rings (SSSR count). The second-order valence-corrected chi connectivity index (χ2v) is 9.22. The van der Waals surface area contributed by atoms with Crippen LogP contribution in [0.3, 0.4) is 0 Å². The van der Waals surface area contributed by atoms with E-state index in [0.717, 1.165) is 42.5 Å². The van der Waals surface area contributed by atoms with E-state index in [9.17, 15) is 9.90 Å². The summed E-state index contributed by atoms with van der Waals surface area (Å²) in [6.45, 7) is 3.46. The number of aliphatic hydroxyl groups is 1. The van der Waals surface area contributed by atoms with Gasteiger partial charge in [0.05, 0.1) is 18.8 Å². The molecule has 2 amide bonds. The van der Waals surface area contributed by atoms with Crippen molar-refractivity contribution in [1.82, 2.24) is 10.2 Å². The van der Waals surface area contributed by atoms with Crippen molar-refractivity contribution < 1.29 is 14.6 Å².